The highest BCUT2D eigenvalue weighted by molar-refractivity contribution is 9.10. The minimum Gasteiger partial charge on any atom is -0.340 e. The highest BCUT2D eigenvalue weighted by atomic mass is 79.9. The first kappa shape index (κ1) is 16.2. The third-order valence-corrected chi connectivity index (χ3v) is 4.29. The summed E-state index contributed by atoms with van der Waals surface area (Å²) in [6, 6.07) is 2.05. The van der Waals surface area contributed by atoms with Crippen molar-refractivity contribution < 1.29 is 4.79 Å². The molecule has 0 fully saturated rings. The Bertz CT molecular complexity index is 652. The summed E-state index contributed by atoms with van der Waals surface area (Å²) in [7, 11) is 0. The molecule has 0 unspecified atom stereocenters. The number of hydrogen-bond acceptors (Lipinski definition) is 3. The van der Waals surface area contributed by atoms with E-state index >= 15 is 0 Å². The van der Waals surface area contributed by atoms with Crippen molar-refractivity contribution in [1.82, 2.24) is 9.55 Å². The molecule has 0 aliphatic carbocycles. The molecule has 0 aliphatic heterocycles. The topological polar surface area (TPSA) is 46.9 Å². The summed E-state index contributed by atoms with van der Waals surface area (Å²) in [4.78, 5) is 16.9. The van der Waals surface area contributed by atoms with Crippen LogP contribution >= 0.6 is 27.3 Å². The number of nitrogens with zero attached hydrogens (tertiary/aromatic N) is 2. The van der Waals surface area contributed by atoms with Gasteiger partial charge in [-0.2, -0.15) is 0 Å². The Balaban J connectivity index is 2.21. The van der Waals surface area contributed by atoms with Gasteiger partial charge in [-0.05, 0) is 35.8 Å². The Labute approximate surface area is 137 Å². The number of carbonyl (C=O) groups excluding carboxylic acids is 1. The summed E-state index contributed by atoms with van der Waals surface area (Å²) < 4.78 is 2.84. The quantitative estimate of drug-likeness (QED) is 0.841. The fourth-order valence-corrected chi connectivity index (χ4v) is 3.26. The fourth-order valence-electron chi connectivity index (χ4n) is 1.89. The number of rotatable bonds is 3. The standard InChI is InChI=1S/C15H20BrN3OS/c1-9(2)19-7-10(16)6-11(19)13(20)18-14-17-12(8-21-14)15(3,4)5/h6-9H,1-5H3,(H,17,18,20). The van der Waals surface area contributed by atoms with E-state index in [4.69, 9.17) is 0 Å². The first-order valence-electron chi connectivity index (χ1n) is 6.83. The smallest absolute Gasteiger partial charge is 0.274 e. The zero-order valence-corrected chi connectivity index (χ0v) is 15.3. The van der Waals surface area contributed by atoms with Gasteiger partial charge >= 0.3 is 0 Å². The molecule has 0 spiro atoms. The Morgan fingerprint density at radius 2 is 2.10 bits per heavy atom. The summed E-state index contributed by atoms with van der Waals surface area (Å²) in [6.45, 7) is 10.4. The van der Waals surface area contributed by atoms with Crippen LogP contribution in [0.4, 0.5) is 5.13 Å². The van der Waals surface area contributed by atoms with Crippen molar-refractivity contribution in [3.05, 3.63) is 33.5 Å². The molecule has 2 rings (SSSR count). The highest BCUT2D eigenvalue weighted by Crippen LogP contribution is 2.27. The third kappa shape index (κ3) is 3.74. The number of thiazole rings is 1. The number of halogens is 1. The predicted octanol–water partition coefficient (Wildman–Crippen LogP) is 4.84. The lowest BCUT2D eigenvalue weighted by atomic mass is 9.93. The summed E-state index contributed by atoms with van der Waals surface area (Å²) in [5.74, 6) is -0.135. The Morgan fingerprint density at radius 1 is 1.43 bits per heavy atom. The minimum absolute atomic E-state index is 0.0132. The van der Waals surface area contributed by atoms with E-state index in [9.17, 15) is 4.79 Å². The van der Waals surface area contributed by atoms with Gasteiger partial charge in [-0.15, -0.1) is 11.3 Å². The second kappa shape index (κ2) is 5.93. The summed E-state index contributed by atoms with van der Waals surface area (Å²) in [6.07, 6.45) is 1.92. The molecule has 0 bridgehead atoms. The van der Waals surface area contributed by atoms with Gasteiger partial charge in [0, 0.05) is 27.5 Å². The van der Waals surface area contributed by atoms with E-state index in [1.165, 1.54) is 11.3 Å². The summed E-state index contributed by atoms with van der Waals surface area (Å²) in [5, 5.41) is 5.52. The number of carbonyl (C=O) groups is 1. The molecule has 1 N–H and O–H groups in total. The first-order valence-corrected chi connectivity index (χ1v) is 8.50. The van der Waals surface area contributed by atoms with Crippen LogP contribution in [0.25, 0.3) is 0 Å². The molecule has 4 nitrogen and oxygen atoms in total. The number of nitrogens with one attached hydrogen (secondary N) is 1. The van der Waals surface area contributed by atoms with Gasteiger partial charge in [0.1, 0.15) is 5.69 Å². The molecule has 0 aromatic carbocycles. The van der Waals surface area contributed by atoms with E-state index < -0.39 is 0 Å². The maximum absolute atomic E-state index is 12.4. The van der Waals surface area contributed by atoms with E-state index in [1.54, 1.807) is 0 Å². The lowest BCUT2D eigenvalue weighted by Gasteiger charge is -2.14. The molecule has 2 aromatic rings. The second-order valence-corrected chi connectivity index (χ2v) is 8.06. The molecule has 0 saturated heterocycles. The lowest BCUT2D eigenvalue weighted by molar-refractivity contribution is 0.101. The van der Waals surface area contributed by atoms with Crippen LogP contribution in [0.15, 0.2) is 22.1 Å². The van der Waals surface area contributed by atoms with Crippen molar-refractivity contribution in [2.45, 2.75) is 46.1 Å². The molecule has 1 amide bonds. The van der Waals surface area contributed by atoms with E-state index in [0.29, 0.717) is 10.8 Å². The molecular formula is C15H20BrN3OS. The summed E-state index contributed by atoms with van der Waals surface area (Å²) in [5.41, 5.74) is 1.60. The molecular weight excluding hydrogens is 350 g/mol. The van der Waals surface area contributed by atoms with Crippen molar-refractivity contribution in [2.75, 3.05) is 5.32 Å². The molecule has 114 valence electrons. The van der Waals surface area contributed by atoms with E-state index in [0.717, 1.165) is 10.2 Å². The zero-order valence-electron chi connectivity index (χ0n) is 12.9. The van der Waals surface area contributed by atoms with E-state index in [1.807, 2.05) is 36.1 Å². The van der Waals surface area contributed by atoms with Crippen LogP contribution in [-0.2, 0) is 5.41 Å². The van der Waals surface area contributed by atoms with Gasteiger partial charge in [0.05, 0.1) is 5.69 Å². The monoisotopic (exact) mass is 369 g/mol. The largest absolute Gasteiger partial charge is 0.340 e. The van der Waals surface area contributed by atoms with Crippen LogP contribution in [0.1, 0.15) is 56.8 Å². The van der Waals surface area contributed by atoms with Crippen molar-refractivity contribution in [2.24, 2.45) is 0 Å². The molecule has 6 heteroatoms. The SMILES string of the molecule is CC(C)n1cc(Br)cc1C(=O)Nc1nc(C(C)(C)C)cs1. The van der Waals surface area contributed by atoms with Gasteiger partial charge in [-0.3, -0.25) is 10.1 Å². The van der Waals surface area contributed by atoms with Crippen LogP contribution < -0.4 is 5.32 Å². The Morgan fingerprint density at radius 3 is 2.62 bits per heavy atom. The van der Waals surface area contributed by atoms with Crippen molar-refractivity contribution in [1.29, 1.82) is 0 Å². The minimum atomic E-state index is -0.135. The van der Waals surface area contributed by atoms with Crippen LogP contribution in [-0.4, -0.2) is 15.5 Å². The van der Waals surface area contributed by atoms with Crippen molar-refractivity contribution in [3.8, 4) is 0 Å². The molecule has 0 saturated carbocycles. The molecule has 2 heterocycles. The number of aromatic nitrogens is 2. The maximum Gasteiger partial charge on any atom is 0.274 e. The number of anilines is 1. The average Bonchev–Trinajstić information content (AvgIpc) is 2.94. The average molecular weight is 370 g/mol. The molecule has 2 aromatic heterocycles. The van der Waals surface area contributed by atoms with Crippen LogP contribution in [0.5, 0.6) is 0 Å². The van der Waals surface area contributed by atoms with Gasteiger partial charge in [-0.1, -0.05) is 20.8 Å². The highest BCUT2D eigenvalue weighted by Gasteiger charge is 2.20. The molecule has 21 heavy (non-hydrogen) atoms. The fraction of sp³-hybridized carbons (Fsp3) is 0.467. The van der Waals surface area contributed by atoms with Gasteiger partial charge in [0.2, 0.25) is 0 Å². The van der Waals surface area contributed by atoms with E-state index in [-0.39, 0.29) is 17.4 Å². The predicted molar refractivity (Wildman–Crippen MR) is 91.3 cm³/mol. The maximum atomic E-state index is 12.4. The second-order valence-electron chi connectivity index (χ2n) is 6.29. The molecule has 0 radical (unpaired) electrons. The zero-order chi connectivity index (χ0) is 15.8. The number of hydrogen-bond donors (Lipinski definition) is 1. The summed E-state index contributed by atoms with van der Waals surface area (Å²) >= 11 is 4.88. The van der Waals surface area contributed by atoms with Crippen LogP contribution in [0.3, 0.4) is 0 Å². The van der Waals surface area contributed by atoms with Gasteiger partial charge < -0.3 is 4.57 Å². The number of amides is 1. The van der Waals surface area contributed by atoms with Gasteiger partial charge in [0.25, 0.3) is 5.91 Å². The van der Waals surface area contributed by atoms with Crippen LogP contribution in [0.2, 0.25) is 0 Å². The van der Waals surface area contributed by atoms with Crippen molar-refractivity contribution in [3.63, 3.8) is 0 Å². The third-order valence-electron chi connectivity index (χ3n) is 3.10. The lowest BCUT2D eigenvalue weighted by Crippen LogP contribution is -2.18. The van der Waals surface area contributed by atoms with Gasteiger partial charge in [-0.25, -0.2) is 4.98 Å². The first-order chi connectivity index (χ1) is 9.68. The van der Waals surface area contributed by atoms with Crippen LogP contribution in [0, 0.1) is 0 Å². The normalized spacial score (nSPS) is 12.0. The Hall–Kier alpha value is -1.14. The van der Waals surface area contributed by atoms with Gasteiger partial charge in [0.15, 0.2) is 5.13 Å². The van der Waals surface area contributed by atoms with Crippen molar-refractivity contribution >= 4 is 38.3 Å². The molecule has 0 atom stereocenters. The van der Waals surface area contributed by atoms with E-state index in [2.05, 4.69) is 47.0 Å². The molecule has 0 aliphatic rings. The Kier molecular flexibility index (Phi) is 4.58.